The smallest absolute Gasteiger partial charge is 0.0585 e. The molecule has 108 valence electrons. The highest BCUT2D eigenvalue weighted by Gasteiger charge is 2.17. The fourth-order valence-corrected chi connectivity index (χ4v) is 2.89. The first-order valence-corrected chi connectivity index (χ1v) is 7.75. The molecule has 2 atom stereocenters. The molecular formula is C15H32N2O. The monoisotopic (exact) mass is 256 g/mol. The van der Waals surface area contributed by atoms with E-state index in [1.54, 1.807) is 0 Å². The third-order valence-electron chi connectivity index (χ3n) is 4.10. The molecule has 3 nitrogen and oxygen atoms in total. The average Bonchev–Trinajstić information content (AvgIpc) is 2.59. The van der Waals surface area contributed by atoms with Gasteiger partial charge in [0.25, 0.3) is 0 Å². The minimum Gasteiger partial charge on any atom is -0.395 e. The third-order valence-corrected chi connectivity index (χ3v) is 4.10. The van der Waals surface area contributed by atoms with Gasteiger partial charge in [0.1, 0.15) is 0 Å². The highest BCUT2D eigenvalue weighted by atomic mass is 16.3. The number of aliphatic hydroxyl groups is 1. The molecule has 1 aliphatic heterocycles. The highest BCUT2D eigenvalue weighted by Crippen LogP contribution is 2.20. The molecule has 0 saturated carbocycles. The van der Waals surface area contributed by atoms with Crippen molar-refractivity contribution in [1.82, 2.24) is 10.2 Å². The van der Waals surface area contributed by atoms with Crippen molar-refractivity contribution in [2.45, 2.75) is 65.0 Å². The Bertz CT molecular complexity index is 209. The van der Waals surface area contributed by atoms with Crippen molar-refractivity contribution in [2.24, 2.45) is 5.92 Å². The molecule has 2 unspecified atom stereocenters. The van der Waals surface area contributed by atoms with Crippen LogP contribution in [0, 0.1) is 5.92 Å². The summed E-state index contributed by atoms with van der Waals surface area (Å²) in [6, 6.07) is 0.714. The number of nitrogens with one attached hydrogen (secondary N) is 1. The van der Waals surface area contributed by atoms with Crippen LogP contribution in [0.2, 0.25) is 0 Å². The Hall–Kier alpha value is -0.120. The lowest BCUT2D eigenvalue weighted by Gasteiger charge is -2.24. The second kappa shape index (κ2) is 8.89. The van der Waals surface area contributed by atoms with Crippen molar-refractivity contribution in [1.29, 1.82) is 0 Å². The van der Waals surface area contributed by atoms with Crippen LogP contribution in [0.15, 0.2) is 0 Å². The lowest BCUT2D eigenvalue weighted by molar-refractivity contribution is 0.201. The molecule has 1 aliphatic rings. The molecule has 0 aliphatic carbocycles. The van der Waals surface area contributed by atoms with Crippen molar-refractivity contribution < 1.29 is 5.11 Å². The second-order valence-corrected chi connectivity index (χ2v) is 6.04. The molecule has 0 spiro atoms. The van der Waals surface area contributed by atoms with Gasteiger partial charge in [-0.3, -0.25) is 0 Å². The minimum absolute atomic E-state index is 0.254. The highest BCUT2D eigenvalue weighted by molar-refractivity contribution is 4.73. The Morgan fingerprint density at radius 3 is 2.67 bits per heavy atom. The fraction of sp³-hybridized carbons (Fsp3) is 1.00. The van der Waals surface area contributed by atoms with Crippen molar-refractivity contribution in [3.8, 4) is 0 Å². The molecule has 0 bridgehead atoms. The zero-order valence-corrected chi connectivity index (χ0v) is 12.5. The zero-order valence-electron chi connectivity index (χ0n) is 12.5. The summed E-state index contributed by atoms with van der Waals surface area (Å²) in [6.07, 6.45) is 6.51. The van der Waals surface area contributed by atoms with Crippen LogP contribution in [0.25, 0.3) is 0 Å². The van der Waals surface area contributed by atoms with Gasteiger partial charge in [0.05, 0.1) is 6.61 Å². The van der Waals surface area contributed by atoms with E-state index in [-0.39, 0.29) is 12.6 Å². The van der Waals surface area contributed by atoms with E-state index in [2.05, 4.69) is 31.0 Å². The van der Waals surface area contributed by atoms with E-state index in [0.29, 0.717) is 6.04 Å². The molecule has 0 aromatic carbocycles. The normalized spacial score (nSPS) is 24.2. The molecule has 0 amide bonds. The maximum Gasteiger partial charge on any atom is 0.0585 e. The molecule has 1 fully saturated rings. The largest absolute Gasteiger partial charge is 0.395 e. The van der Waals surface area contributed by atoms with E-state index < -0.39 is 0 Å². The number of aliphatic hydroxyl groups excluding tert-OH is 1. The number of rotatable bonds is 7. The van der Waals surface area contributed by atoms with Crippen LogP contribution in [-0.2, 0) is 0 Å². The Labute approximate surface area is 113 Å². The van der Waals surface area contributed by atoms with Crippen molar-refractivity contribution in [2.75, 3.05) is 26.2 Å². The van der Waals surface area contributed by atoms with Crippen LogP contribution >= 0.6 is 0 Å². The molecule has 1 rings (SSSR count). The Kier molecular flexibility index (Phi) is 7.87. The summed E-state index contributed by atoms with van der Waals surface area (Å²) in [5, 5.41) is 12.8. The molecule has 0 radical (unpaired) electrons. The number of likely N-dealkylation sites (tertiary alicyclic amines) is 1. The lowest BCUT2D eigenvalue weighted by atomic mass is 9.98. The van der Waals surface area contributed by atoms with E-state index in [9.17, 15) is 5.11 Å². The predicted octanol–water partition coefficient (Wildman–Crippen LogP) is 2.25. The van der Waals surface area contributed by atoms with Crippen LogP contribution in [-0.4, -0.2) is 48.3 Å². The summed E-state index contributed by atoms with van der Waals surface area (Å²) in [7, 11) is 0. The molecule has 1 saturated heterocycles. The SMILES string of the molecule is CCC1CCCN(CCC(CO)NC(C)C)CC1. The second-order valence-electron chi connectivity index (χ2n) is 6.04. The molecule has 0 aromatic heterocycles. The first-order valence-electron chi connectivity index (χ1n) is 7.75. The quantitative estimate of drug-likeness (QED) is 0.733. The Morgan fingerprint density at radius 2 is 2.06 bits per heavy atom. The maximum absolute atomic E-state index is 9.36. The van der Waals surface area contributed by atoms with Crippen molar-refractivity contribution in [3.05, 3.63) is 0 Å². The summed E-state index contributed by atoms with van der Waals surface area (Å²) in [6.45, 7) is 10.5. The van der Waals surface area contributed by atoms with E-state index in [4.69, 9.17) is 0 Å². The van der Waals surface area contributed by atoms with Gasteiger partial charge in [0.15, 0.2) is 0 Å². The molecule has 1 heterocycles. The Morgan fingerprint density at radius 1 is 1.28 bits per heavy atom. The van der Waals surface area contributed by atoms with E-state index in [1.807, 2.05) is 0 Å². The summed E-state index contributed by atoms with van der Waals surface area (Å²) in [5.74, 6) is 0.942. The van der Waals surface area contributed by atoms with Crippen LogP contribution in [0.4, 0.5) is 0 Å². The number of hydrogen-bond donors (Lipinski definition) is 2. The molecule has 2 N–H and O–H groups in total. The number of nitrogens with zero attached hydrogens (tertiary/aromatic N) is 1. The van der Waals surface area contributed by atoms with E-state index >= 15 is 0 Å². The van der Waals surface area contributed by atoms with Crippen LogP contribution in [0.1, 0.15) is 52.9 Å². The van der Waals surface area contributed by atoms with Gasteiger partial charge in [-0.2, -0.15) is 0 Å². The van der Waals surface area contributed by atoms with Crippen LogP contribution in [0.5, 0.6) is 0 Å². The summed E-state index contributed by atoms with van der Waals surface area (Å²) >= 11 is 0. The van der Waals surface area contributed by atoms with Gasteiger partial charge in [0, 0.05) is 12.1 Å². The number of hydrogen-bond acceptors (Lipinski definition) is 3. The average molecular weight is 256 g/mol. The van der Waals surface area contributed by atoms with Gasteiger partial charge in [0.2, 0.25) is 0 Å². The van der Waals surface area contributed by atoms with E-state index in [1.165, 1.54) is 38.8 Å². The van der Waals surface area contributed by atoms with Crippen molar-refractivity contribution in [3.63, 3.8) is 0 Å². The zero-order chi connectivity index (χ0) is 13.4. The summed E-state index contributed by atoms with van der Waals surface area (Å²) < 4.78 is 0. The molecule has 3 heteroatoms. The Balaban J connectivity index is 2.25. The molecular weight excluding hydrogens is 224 g/mol. The van der Waals surface area contributed by atoms with Gasteiger partial charge >= 0.3 is 0 Å². The van der Waals surface area contributed by atoms with Crippen LogP contribution < -0.4 is 5.32 Å². The minimum atomic E-state index is 0.254. The topological polar surface area (TPSA) is 35.5 Å². The predicted molar refractivity (Wildman–Crippen MR) is 77.8 cm³/mol. The first-order chi connectivity index (χ1) is 8.65. The van der Waals surface area contributed by atoms with Gasteiger partial charge in [-0.1, -0.05) is 27.2 Å². The first kappa shape index (κ1) is 15.9. The summed E-state index contributed by atoms with van der Waals surface area (Å²) in [5.41, 5.74) is 0. The van der Waals surface area contributed by atoms with Crippen LogP contribution in [0.3, 0.4) is 0 Å². The van der Waals surface area contributed by atoms with E-state index in [0.717, 1.165) is 18.9 Å². The fourth-order valence-electron chi connectivity index (χ4n) is 2.89. The van der Waals surface area contributed by atoms with Gasteiger partial charge < -0.3 is 15.3 Å². The maximum atomic E-state index is 9.36. The molecule has 0 aromatic rings. The van der Waals surface area contributed by atoms with Crippen molar-refractivity contribution >= 4 is 0 Å². The standard InChI is InChI=1S/C15H32N2O/c1-4-14-6-5-9-17(10-7-14)11-8-15(12-18)16-13(2)3/h13-16,18H,4-12H2,1-3H3. The summed E-state index contributed by atoms with van der Waals surface area (Å²) in [4.78, 5) is 2.58. The van der Waals surface area contributed by atoms with Gasteiger partial charge in [-0.15, -0.1) is 0 Å². The van der Waals surface area contributed by atoms with Gasteiger partial charge in [-0.25, -0.2) is 0 Å². The van der Waals surface area contributed by atoms with Gasteiger partial charge in [-0.05, 0) is 51.2 Å². The lowest BCUT2D eigenvalue weighted by Crippen LogP contribution is -2.40. The third kappa shape index (κ3) is 6.17. The molecule has 18 heavy (non-hydrogen) atoms.